The van der Waals surface area contributed by atoms with E-state index in [1.807, 2.05) is 0 Å². The van der Waals surface area contributed by atoms with Crippen LogP contribution in [0.1, 0.15) is 31.1 Å². The SMILES string of the molecule is C[CH2][Ge]([CH2]C)([CH2]C)[C](=O)c1c(F)c(F)c(F)c(F)c1F. The first-order chi connectivity index (χ1) is 9.27. The van der Waals surface area contributed by atoms with Crippen LogP contribution in [0.3, 0.4) is 0 Å². The molecule has 0 aliphatic heterocycles. The van der Waals surface area contributed by atoms with Gasteiger partial charge in [0.15, 0.2) is 0 Å². The molecule has 0 spiro atoms. The first kappa shape index (κ1) is 17.1. The molecule has 0 radical (unpaired) electrons. The summed E-state index contributed by atoms with van der Waals surface area (Å²) >= 11 is -3.33. The third kappa shape index (κ3) is 2.50. The van der Waals surface area contributed by atoms with Crippen LogP contribution in [0, 0.1) is 29.1 Å². The Kier molecular flexibility index (Phi) is 5.35. The van der Waals surface area contributed by atoms with Gasteiger partial charge in [-0.3, -0.25) is 0 Å². The van der Waals surface area contributed by atoms with Gasteiger partial charge in [-0.2, -0.15) is 0 Å². The van der Waals surface area contributed by atoms with E-state index in [4.69, 9.17) is 0 Å². The molecule has 0 bridgehead atoms. The van der Waals surface area contributed by atoms with Crippen molar-refractivity contribution in [1.82, 2.24) is 0 Å². The molecule has 0 fully saturated rings. The fourth-order valence-corrected chi connectivity index (χ4v) is 9.04. The van der Waals surface area contributed by atoms with Gasteiger partial charge in [-0.25, -0.2) is 0 Å². The third-order valence-electron chi connectivity index (χ3n) is 3.95. The van der Waals surface area contributed by atoms with Crippen LogP contribution in [0.25, 0.3) is 0 Å². The molecule has 0 aliphatic rings. The van der Waals surface area contributed by atoms with Crippen molar-refractivity contribution in [3.05, 3.63) is 34.6 Å². The minimum atomic E-state index is -3.33. The quantitative estimate of drug-likeness (QED) is 0.326. The zero-order chi connectivity index (χ0) is 15.7. The number of benzene rings is 1. The molecule has 1 nitrogen and oxygen atoms in total. The van der Waals surface area contributed by atoms with Gasteiger partial charge in [0.1, 0.15) is 0 Å². The molecule has 7 heteroatoms. The van der Waals surface area contributed by atoms with E-state index in [9.17, 15) is 26.7 Å². The van der Waals surface area contributed by atoms with Crippen molar-refractivity contribution in [2.45, 2.75) is 36.5 Å². The molecule has 20 heavy (non-hydrogen) atoms. The van der Waals surface area contributed by atoms with Crippen molar-refractivity contribution in [3.8, 4) is 0 Å². The number of rotatable bonds is 5. The maximum atomic E-state index is 13.7. The van der Waals surface area contributed by atoms with Crippen LogP contribution >= 0.6 is 0 Å². The monoisotopic (exact) mass is 356 g/mol. The Bertz CT molecular complexity index is 503. The van der Waals surface area contributed by atoms with E-state index >= 15 is 0 Å². The van der Waals surface area contributed by atoms with E-state index in [0.717, 1.165) is 0 Å². The van der Waals surface area contributed by atoms with Gasteiger partial charge >= 0.3 is 116 Å². The van der Waals surface area contributed by atoms with Crippen LogP contribution in [-0.2, 0) is 0 Å². The van der Waals surface area contributed by atoms with Gasteiger partial charge in [-0.05, 0) is 0 Å². The predicted molar refractivity (Wildman–Crippen MR) is 67.8 cm³/mol. The molecule has 0 amide bonds. The van der Waals surface area contributed by atoms with Crippen LogP contribution in [0.4, 0.5) is 22.0 Å². The standard InChI is InChI=1S/C13H15F5GeO/c1-4-19(5-2,6-3)13(20)7-8(14)10(16)12(18)11(17)9(7)15/h4-6H2,1-3H3. The summed E-state index contributed by atoms with van der Waals surface area (Å²) in [6.45, 7) is 5.16. The van der Waals surface area contributed by atoms with Crippen molar-refractivity contribution in [3.63, 3.8) is 0 Å². The zero-order valence-corrected chi connectivity index (χ0v) is 13.5. The second kappa shape index (κ2) is 6.24. The summed E-state index contributed by atoms with van der Waals surface area (Å²) in [5, 5.41) is 1.31. The molecule has 0 N–H and O–H groups in total. The molecule has 0 heterocycles. The van der Waals surface area contributed by atoms with E-state index in [2.05, 4.69) is 0 Å². The van der Waals surface area contributed by atoms with Gasteiger partial charge in [0.25, 0.3) is 0 Å². The molecule has 1 rings (SSSR count). The summed E-state index contributed by atoms with van der Waals surface area (Å²) in [7, 11) is 0. The number of hydrogen-bond acceptors (Lipinski definition) is 1. The molecule has 1 aromatic rings. The Hall–Kier alpha value is -0.917. The van der Waals surface area contributed by atoms with Gasteiger partial charge in [-0.15, -0.1) is 0 Å². The van der Waals surface area contributed by atoms with Gasteiger partial charge in [0.2, 0.25) is 0 Å². The first-order valence-electron chi connectivity index (χ1n) is 6.33. The first-order valence-corrected chi connectivity index (χ1v) is 11.8. The van der Waals surface area contributed by atoms with Crippen LogP contribution in [-0.4, -0.2) is 17.9 Å². The molecule has 0 aliphatic carbocycles. The van der Waals surface area contributed by atoms with Gasteiger partial charge in [0, 0.05) is 0 Å². The summed E-state index contributed by atoms with van der Waals surface area (Å²) in [6, 6.07) is 0. The van der Waals surface area contributed by atoms with Crippen LogP contribution in [0.2, 0.25) is 15.8 Å². The Balaban J connectivity index is 3.59. The molecule has 0 saturated carbocycles. The molecule has 0 unspecified atom stereocenters. The van der Waals surface area contributed by atoms with Gasteiger partial charge < -0.3 is 0 Å². The van der Waals surface area contributed by atoms with Crippen molar-refractivity contribution in [2.75, 3.05) is 0 Å². The fraction of sp³-hybridized carbons (Fsp3) is 0.462. The second-order valence-corrected chi connectivity index (χ2v) is 15.4. The molecule has 112 valence electrons. The fourth-order valence-electron chi connectivity index (χ4n) is 2.30. The number of halogens is 5. The van der Waals surface area contributed by atoms with Crippen molar-refractivity contribution >= 4 is 17.9 Å². The summed E-state index contributed by atoms with van der Waals surface area (Å²) in [4.78, 5) is 12.4. The van der Waals surface area contributed by atoms with E-state index in [1.54, 1.807) is 20.8 Å². The number of carbonyl (C=O) groups is 1. The zero-order valence-electron chi connectivity index (χ0n) is 11.4. The molecule has 0 aromatic heterocycles. The third-order valence-corrected chi connectivity index (χ3v) is 15.0. The molecule has 1 aromatic carbocycles. The van der Waals surface area contributed by atoms with Crippen LogP contribution in [0.15, 0.2) is 0 Å². The summed E-state index contributed by atoms with van der Waals surface area (Å²) < 4.78 is 65.8. The Labute approximate surface area is 116 Å². The topological polar surface area (TPSA) is 17.1 Å². The van der Waals surface area contributed by atoms with E-state index in [0.29, 0.717) is 15.8 Å². The van der Waals surface area contributed by atoms with Crippen molar-refractivity contribution < 1.29 is 26.7 Å². The van der Waals surface area contributed by atoms with Gasteiger partial charge in [-0.1, -0.05) is 0 Å². The Morgan fingerprint density at radius 1 is 0.750 bits per heavy atom. The Morgan fingerprint density at radius 3 is 1.35 bits per heavy atom. The van der Waals surface area contributed by atoms with Crippen molar-refractivity contribution in [1.29, 1.82) is 0 Å². The molecular weight excluding hydrogens is 340 g/mol. The van der Waals surface area contributed by atoms with E-state index in [-0.39, 0.29) is 0 Å². The molecular formula is C13H15F5GeO. The van der Waals surface area contributed by atoms with Gasteiger partial charge in [0.05, 0.1) is 0 Å². The average Bonchev–Trinajstić information content (AvgIpc) is 2.46. The maximum absolute atomic E-state index is 13.7. The van der Waals surface area contributed by atoms with Crippen molar-refractivity contribution in [2.24, 2.45) is 0 Å². The Morgan fingerprint density at radius 2 is 1.05 bits per heavy atom. The second-order valence-electron chi connectivity index (χ2n) is 4.62. The molecule has 0 saturated heterocycles. The average molecular weight is 355 g/mol. The molecule has 0 atom stereocenters. The summed E-state index contributed by atoms with van der Waals surface area (Å²) in [6.07, 6.45) is 0. The summed E-state index contributed by atoms with van der Waals surface area (Å²) in [5.74, 6) is -10.4. The van der Waals surface area contributed by atoms with E-state index < -0.39 is 52.5 Å². The predicted octanol–water partition coefficient (Wildman–Crippen LogP) is 4.61. The number of carbonyl (C=O) groups excluding carboxylic acids is 1. The normalized spacial score (nSPS) is 11.8. The van der Waals surface area contributed by atoms with Crippen LogP contribution in [0.5, 0.6) is 0 Å². The van der Waals surface area contributed by atoms with E-state index in [1.165, 1.54) is 0 Å². The summed E-state index contributed by atoms with van der Waals surface area (Å²) in [5.41, 5.74) is -1.26. The van der Waals surface area contributed by atoms with Crippen LogP contribution < -0.4 is 0 Å². The minimum absolute atomic E-state index is 0.436. The number of hydrogen-bond donors (Lipinski definition) is 0.